The number of hydrogen-bond donors (Lipinski definition) is 0. The van der Waals surface area contributed by atoms with E-state index in [1.807, 2.05) is 66.1 Å². The second kappa shape index (κ2) is 12.4. The van der Waals surface area contributed by atoms with E-state index in [2.05, 4.69) is 31.2 Å². The second-order valence-electron chi connectivity index (χ2n) is 11.5. The summed E-state index contributed by atoms with van der Waals surface area (Å²) in [4.78, 5) is 18.5. The van der Waals surface area contributed by atoms with Gasteiger partial charge in [-0.1, -0.05) is 80.1 Å². The molecule has 0 aromatic heterocycles. The normalized spacial score (nSPS) is 23.6. The fourth-order valence-corrected chi connectivity index (χ4v) is 6.11. The molecule has 2 saturated heterocycles. The molecule has 2 heterocycles. The minimum Gasteiger partial charge on any atom is -0.342 e. The largest absolute Gasteiger partial charge is 0.342 e. The van der Waals surface area contributed by atoms with E-state index in [4.69, 9.17) is 9.47 Å². The SMILES string of the molecule is CCCCN1C(=O)N(Cc2ccc(F)c(C#N)c2)[C@H](Cc2ccccc2)[C@@H]2OC(C)(C)O[C@H]2[C@H]1Cc1ccccc1. The number of carbonyl (C=O) groups is 1. The first-order chi connectivity index (χ1) is 19.8. The summed E-state index contributed by atoms with van der Waals surface area (Å²) >= 11 is 0. The first-order valence-corrected chi connectivity index (χ1v) is 14.5. The number of nitrogens with zero attached hydrogens (tertiary/aromatic N) is 3. The zero-order valence-corrected chi connectivity index (χ0v) is 24.0. The Hall–Kier alpha value is -3.73. The maximum absolute atomic E-state index is 14.7. The van der Waals surface area contributed by atoms with Gasteiger partial charge in [-0.2, -0.15) is 5.26 Å². The number of hydrogen-bond acceptors (Lipinski definition) is 4. The van der Waals surface area contributed by atoms with Gasteiger partial charge in [0.15, 0.2) is 5.79 Å². The van der Waals surface area contributed by atoms with E-state index in [1.165, 1.54) is 6.07 Å². The predicted octanol–water partition coefficient (Wildman–Crippen LogP) is 6.48. The topological polar surface area (TPSA) is 65.8 Å². The van der Waals surface area contributed by atoms with E-state index in [1.54, 1.807) is 12.1 Å². The summed E-state index contributed by atoms with van der Waals surface area (Å²) in [5, 5.41) is 9.47. The lowest BCUT2D eigenvalue weighted by Gasteiger charge is -2.37. The first kappa shape index (κ1) is 28.8. The van der Waals surface area contributed by atoms with Crippen molar-refractivity contribution in [2.45, 2.75) is 83.1 Å². The number of benzene rings is 3. The highest BCUT2D eigenvalue weighted by Gasteiger charge is 2.55. The van der Waals surface area contributed by atoms with Gasteiger partial charge in [0, 0.05) is 13.1 Å². The molecule has 0 bridgehead atoms. The number of amides is 2. The standard InChI is InChI=1S/C34H38FN3O3/c1-4-5-18-37-29(20-24-12-8-6-9-13-24)31-32(41-34(2,3)40-31)30(21-25-14-10-7-11-15-25)38(33(37)39)23-26-16-17-28(35)27(19-26)22-36/h6-17,19,29-32H,4-5,18,20-21,23H2,1-3H3/t29-,30-,31+,32+/m1/s1. The highest BCUT2D eigenvalue weighted by molar-refractivity contribution is 5.76. The van der Waals surface area contributed by atoms with Gasteiger partial charge in [0.05, 0.1) is 17.6 Å². The van der Waals surface area contributed by atoms with Gasteiger partial charge in [-0.3, -0.25) is 0 Å². The van der Waals surface area contributed by atoms with Crippen LogP contribution in [0.5, 0.6) is 0 Å². The Morgan fingerprint density at radius 2 is 1.41 bits per heavy atom. The van der Waals surface area contributed by atoms with Crippen molar-refractivity contribution in [1.82, 2.24) is 9.80 Å². The van der Waals surface area contributed by atoms with Gasteiger partial charge >= 0.3 is 6.03 Å². The van der Waals surface area contributed by atoms with Crippen molar-refractivity contribution < 1.29 is 18.7 Å². The van der Waals surface area contributed by atoms with Gasteiger partial charge in [-0.05, 0) is 61.9 Å². The quantitative estimate of drug-likeness (QED) is 0.303. The molecule has 2 aliphatic rings. The Bertz CT molecular complexity index is 1370. The Morgan fingerprint density at radius 3 is 1.95 bits per heavy atom. The fraction of sp³-hybridized carbons (Fsp3) is 0.412. The minimum absolute atomic E-state index is 0.0337. The predicted molar refractivity (Wildman–Crippen MR) is 155 cm³/mol. The maximum Gasteiger partial charge on any atom is 0.321 e. The van der Waals surface area contributed by atoms with Gasteiger partial charge in [-0.15, -0.1) is 0 Å². The minimum atomic E-state index is -0.828. The van der Waals surface area contributed by atoms with Crippen LogP contribution < -0.4 is 0 Å². The molecule has 214 valence electrons. The molecule has 0 saturated carbocycles. The molecule has 0 aliphatic carbocycles. The van der Waals surface area contributed by atoms with Crippen molar-refractivity contribution in [1.29, 1.82) is 5.26 Å². The Labute approximate surface area is 242 Å². The summed E-state index contributed by atoms with van der Waals surface area (Å²) in [6.07, 6.45) is 2.25. The van der Waals surface area contributed by atoms with Gasteiger partial charge in [0.25, 0.3) is 0 Å². The third-order valence-corrected chi connectivity index (χ3v) is 8.05. The van der Waals surface area contributed by atoms with E-state index < -0.39 is 17.7 Å². The molecular weight excluding hydrogens is 517 g/mol. The van der Waals surface area contributed by atoms with Crippen LogP contribution >= 0.6 is 0 Å². The molecule has 5 rings (SSSR count). The van der Waals surface area contributed by atoms with E-state index in [0.29, 0.717) is 24.9 Å². The highest BCUT2D eigenvalue weighted by Crippen LogP contribution is 2.40. The number of rotatable bonds is 9. The number of urea groups is 1. The van der Waals surface area contributed by atoms with Crippen LogP contribution in [0.25, 0.3) is 0 Å². The van der Waals surface area contributed by atoms with Crippen molar-refractivity contribution in [3.05, 3.63) is 107 Å². The molecule has 41 heavy (non-hydrogen) atoms. The molecule has 3 aromatic rings. The second-order valence-corrected chi connectivity index (χ2v) is 11.5. The Balaban J connectivity index is 1.62. The zero-order chi connectivity index (χ0) is 29.0. The number of fused-ring (bicyclic) bond motifs is 1. The van der Waals surface area contributed by atoms with E-state index >= 15 is 0 Å². The van der Waals surface area contributed by atoms with Crippen molar-refractivity contribution in [3.8, 4) is 6.07 Å². The van der Waals surface area contributed by atoms with Crippen LogP contribution in [-0.4, -0.2) is 52.5 Å². The van der Waals surface area contributed by atoms with Crippen molar-refractivity contribution in [3.63, 3.8) is 0 Å². The lowest BCUT2D eigenvalue weighted by molar-refractivity contribution is -0.157. The molecule has 3 aromatic carbocycles. The van der Waals surface area contributed by atoms with Gasteiger partial charge in [-0.25, -0.2) is 9.18 Å². The van der Waals surface area contributed by atoms with Gasteiger partial charge < -0.3 is 19.3 Å². The maximum atomic E-state index is 14.7. The third-order valence-electron chi connectivity index (χ3n) is 8.05. The van der Waals surface area contributed by atoms with Crippen molar-refractivity contribution in [2.24, 2.45) is 0 Å². The van der Waals surface area contributed by atoms with Crippen LogP contribution in [0.15, 0.2) is 78.9 Å². The van der Waals surface area contributed by atoms with Crippen LogP contribution in [0.3, 0.4) is 0 Å². The molecule has 2 amide bonds. The summed E-state index contributed by atoms with van der Waals surface area (Å²) in [5.41, 5.74) is 2.87. The first-order valence-electron chi connectivity index (χ1n) is 14.5. The van der Waals surface area contributed by atoms with Crippen LogP contribution in [-0.2, 0) is 28.9 Å². The number of nitriles is 1. The molecule has 0 unspecified atom stereocenters. The molecule has 0 spiro atoms. The number of unbranched alkanes of at least 4 members (excludes halogenated alkanes) is 1. The van der Waals surface area contributed by atoms with Crippen LogP contribution in [0.4, 0.5) is 9.18 Å². The van der Waals surface area contributed by atoms with Crippen molar-refractivity contribution >= 4 is 6.03 Å². The average Bonchev–Trinajstić information content (AvgIpc) is 3.27. The number of halogens is 1. The lowest BCUT2D eigenvalue weighted by Crippen LogP contribution is -2.52. The molecule has 4 atom stereocenters. The molecule has 2 fully saturated rings. The summed E-state index contributed by atoms with van der Waals surface area (Å²) in [6.45, 7) is 6.79. The smallest absolute Gasteiger partial charge is 0.321 e. The Kier molecular flexibility index (Phi) is 8.72. The van der Waals surface area contributed by atoms with Crippen LogP contribution in [0.2, 0.25) is 0 Å². The molecule has 6 nitrogen and oxygen atoms in total. The van der Waals surface area contributed by atoms with E-state index in [9.17, 15) is 14.4 Å². The molecule has 2 aliphatic heterocycles. The van der Waals surface area contributed by atoms with Crippen LogP contribution in [0, 0.1) is 17.1 Å². The van der Waals surface area contributed by atoms with Crippen LogP contribution in [0.1, 0.15) is 55.9 Å². The Morgan fingerprint density at radius 1 is 0.854 bits per heavy atom. The summed E-state index contributed by atoms with van der Waals surface area (Å²) < 4.78 is 27.6. The zero-order valence-electron chi connectivity index (χ0n) is 24.0. The summed E-state index contributed by atoms with van der Waals surface area (Å²) in [6, 6.07) is 26.0. The molecule has 7 heteroatoms. The summed E-state index contributed by atoms with van der Waals surface area (Å²) in [5.74, 6) is -1.40. The molecule has 0 N–H and O–H groups in total. The van der Waals surface area contributed by atoms with Crippen molar-refractivity contribution in [2.75, 3.05) is 6.54 Å². The number of carbonyl (C=O) groups excluding carboxylic acids is 1. The van der Waals surface area contributed by atoms with E-state index in [0.717, 1.165) is 24.0 Å². The number of ether oxygens (including phenoxy) is 2. The fourth-order valence-electron chi connectivity index (χ4n) is 6.11. The third kappa shape index (κ3) is 6.45. The van der Waals surface area contributed by atoms with Gasteiger partial charge in [0.1, 0.15) is 24.1 Å². The van der Waals surface area contributed by atoms with Gasteiger partial charge in [0.2, 0.25) is 0 Å². The average molecular weight is 556 g/mol. The highest BCUT2D eigenvalue weighted by atomic mass is 19.1. The molecule has 0 radical (unpaired) electrons. The lowest BCUT2D eigenvalue weighted by atomic mass is 9.91. The molecular formula is C34H38FN3O3. The monoisotopic (exact) mass is 555 g/mol. The summed E-state index contributed by atoms with van der Waals surface area (Å²) in [7, 11) is 0. The van der Waals surface area contributed by atoms with E-state index in [-0.39, 0.29) is 36.3 Å².